The Labute approximate surface area is 221 Å². The van der Waals surface area contributed by atoms with Gasteiger partial charge in [-0.25, -0.2) is 8.42 Å². The van der Waals surface area contributed by atoms with Gasteiger partial charge in [0.05, 0.1) is 18.8 Å². The standard InChI is InChI=1S/C25H24Br2N2O5S/c1-34-22-12-11-20(18-8-2-3-9-19(18)22)25(31)29-13-5-7-16(14-29)24(30)28-35(32,33)15-17-6-4-10-21(26)23(17)27/h2-4,6,8-12,16H,5,7,13-15H2,1H3,(H,28,30). The number of fused-ring (bicyclic) bond motifs is 1. The van der Waals surface area contributed by atoms with Gasteiger partial charge >= 0.3 is 0 Å². The molecule has 1 unspecified atom stereocenters. The predicted molar refractivity (Wildman–Crippen MR) is 142 cm³/mol. The lowest BCUT2D eigenvalue weighted by atomic mass is 9.96. The molecule has 1 saturated heterocycles. The number of benzene rings is 3. The lowest BCUT2D eigenvalue weighted by Crippen LogP contribution is -2.46. The van der Waals surface area contributed by atoms with E-state index in [0.29, 0.717) is 40.7 Å². The fourth-order valence-corrected chi connectivity index (χ4v) is 6.51. The van der Waals surface area contributed by atoms with Crippen LogP contribution in [-0.2, 0) is 20.6 Å². The summed E-state index contributed by atoms with van der Waals surface area (Å²) in [5, 5.41) is 1.60. The zero-order chi connectivity index (χ0) is 25.2. The van der Waals surface area contributed by atoms with E-state index in [0.717, 1.165) is 15.2 Å². The van der Waals surface area contributed by atoms with Gasteiger partial charge in [-0.1, -0.05) is 36.4 Å². The van der Waals surface area contributed by atoms with Crippen molar-refractivity contribution in [3.8, 4) is 5.75 Å². The first-order chi connectivity index (χ1) is 16.7. The molecule has 0 radical (unpaired) electrons. The topological polar surface area (TPSA) is 92.8 Å². The molecule has 1 N–H and O–H groups in total. The maximum atomic E-state index is 13.4. The van der Waals surface area contributed by atoms with Gasteiger partial charge in [0.1, 0.15) is 5.75 Å². The fourth-order valence-electron chi connectivity index (χ4n) is 4.32. The first-order valence-corrected chi connectivity index (χ1v) is 14.3. The Kier molecular flexibility index (Phi) is 7.83. The Hall–Kier alpha value is -2.43. The van der Waals surface area contributed by atoms with Crippen LogP contribution in [0, 0.1) is 5.92 Å². The summed E-state index contributed by atoms with van der Waals surface area (Å²) in [5.74, 6) is -1.06. The van der Waals surface area contributed by atoms with E-state index in [9.17, 15) is 18.0 Å². The first-order valence-electron chi connectivity index (χ1n) is 11.0. The third kappa shape index (κ3) is 5.70. The third-order valence-electron chi connectivity index (χ3n) is 6.05. The second kappa shape index (κ2) is 10.7. The van der Waals surface area contributed by atoms with E-state index in [1.54, 1.807) is 42.3 Å². The van der Waals surface area contributed by atoms with Crippen LogP contribution in [-0.4, -0.2) is 45.3 Å². The average Bonchev–Trinajstić information content (AvgIpc) is 2.85. The van der Waals surface area contributed by atoms with Crippen LogP contribution in [0.2, 0.25) is 0 Å². The van der Waals surface area contributed by atoms with Crippen LogP contribution in [0.4, 0.5) is 0 Å². The SMILES string of the molecule is COc1ccc(C(=O)N2CCCC(C(=O)NS(=O)(=O)Cc3cccc(Br)c3Br)C2)c2ccccc12. The number of rotatable bonds is 6. The van der Waals surface area contributed by atoms with E-state index in [1.807, 2.05) is 24.3 Å². The lowest BCUT2D eigenvalue weighted by molar-refractivity contribution is -0.124. The number of piperidine rings is 1. The van der Waals surface area contributed by atoms with Crippen molar-refractivity contribution in [1.29, 1.82) is 0 Å². The molecule has 1 heterocycles. The molecule has 0 spiro atoms. The zero-order valence-electron chi connectivity index (χ0n) is 19.0. The monoisotopic (exact) mass is 622 g/mol. The molecule has 4 rings (SSSR count). The molecule has 7 nitrogen and oxygen atoms in total. The minimum Gasteiger partial charge on any atom is -0.496 e. The van der Waals surface area contributed by atoms with Crippen molar-refractivity contribution in [2.75, 3.05) is 20.2 Å². The number of methoxy groups -OCH3 is 1. The minimum atomic E-state index is -3.92. The summed E-state index contributed by atoms with van der Waals surface area (Å²) in [7, 11) is -2.33. The molecule has 1 aliphatic rings. The number of nitrogens with zero attached hydrogens (tertiary/aromatic N) is 1. The number of carbonyl (C=O) groups is 2. The van der Waals surface area contributed by atoms with Crippen molar-refractivity contribution >= 4 is 64.5 Å². The van der Waals surface area contributed by atoms with Crippen molar-refractivity contribution in [3.05, 3.63) is 74.7 Å². The first kappa shape index (κ1) is 25.7. The quantitative estimate of drug-likeness (QED) is 0.423. The molecule has 2 amide bonds. The fraction of sp³-hybridized carbons (Fsp3) is 0.280. The average molecular weight is 624 g/mol. The highest BCUT2D eigenvalue weighted by atomic mass is 79.9. The normalized spacial score (nSPS) is 16.2. The number of hydrogen-bond donors (Lipinski definition) is 1. The van der Waals surface area contributed by atoms with Crippen molar-refractivity contribution in [3.63, 3.8) is 0 Å². The summed E-state index contributed by atoms with van der Waals surface area (Å²) in [6.45, 7) is 0.655. The highest BCUT2D eigenvalue weighted by molar-refractivity contribution is 9.13. The number of halogens is 2. The number of hydrogen-bond acceptors (Lipinski definition) is 5. The Morgan fingerprint density at radius 3 is 2.54 bits per heavy atom. The summed E-state index contributed by atoms with van der Waals surface area (Å²) >= 11 is 6.73. The molecule has 3 aromatic carbocycles. The number of ether oxygens (including phenoxy) is 1. The van der Waals surface area contributed by atoms with E-state index < -0.39 is 21.8 Å². The molecule has 0 aliphatic carbocycles. The summed E-state index contributed by atoms with van der Waals surface area (Å²) in [6, 6.07) is 16.2. The molecule has 10 heteroatoms. The summed E-state index contributed by atoms with van der Waals surface area (Å²) in [6.07, 6.45) is 1.12. The molecular formula is C25H24Br2N2O5S. The van der Waals surface area contributed by atoms with Crippen LogP contribution >= 0.6 is 31.9 Å². The minimum absolute atomic E-state index is 0.154. The Morgan fingerprint density at radius 2 is 1.80 bits per heavy atom. The van der Waals surface area contributed by atoms with Gasteiger partial charge in [-0.15, -0.1) is 0 Å². The van der Waals surface area contributed by atoms with Gasteiger partial charge in [0.2, 0.25) is 15.9 Å². The van der Waals surface area contributed by atoms with E-state index in [1.165, 1.54) is 0 Å². The van der Waals surface area contributed by atoms with Gasteiger partial charge in [0.15, 0.2) is 0 Å². The maximum absolute atomic E-state index is 13.4. The summed E-state index contributed by atoms with van der Waals surface area (Å²) < 4.78 is 34.4. The molecule has 184 valence electrons. The Morgan fingerprint density at radius 1 is 1.06 bits per heavy atom. The van der Waals surface area contributed by atoms with Gasteiger partial charge in [0, 0.05) is 33.0 Å². The zero-order valence-corrected chi connectivity index (χ0v) is 23.0. The molecule has 1 fully saturated rings. The highest BCUT2D eigenvalue weighted by Crippen LogP contribution is 2.30. The molecule has 1 atom stereocenters. The Bertz CT molecular complexity index is 1390. The Balaban J connectivity index is 1.48. The molecule has 0 saturated carbocycles. The van der Waals surface area contributed by atoms with Crippen LogP contribution in [0.15, 0.2) is 63.5 Å². The predicted octanol–water partition coefficient (Wildman–Crippen LogP) is 4.87. The number of likely N-dealkylation sites (tertiary alicyclic amines) is 1. The number of amides is 2. The van der Waals surface area contributed by atoms with Crippen LogP contribution in [0.5, 0.6) is 5.75 Å². The van der Waals surface area contributed by atoms with E-state index >= 15 is 0 Å². The largest absolute Gasteiger partial charge is 0.496 e. The van der Waals surface area contributed by atoms with Gasteiger partial charge in [-0.2, -0.15) is 0 Å². The van der Waals surface area contributed by atoms with E-state index in [-0.39, 0.29) is 18.2 Å². The second-order valence-corrected chi connectivity index (χ2v) is 11.8. The smallest absolute Gasteiger partial charge is 0.254 e. The van der Waals surface area contributed by atoms with Crippen molar-refractivity contribution in [2.24, 2.45) is 5.92 Å². The van der Waals surface area contributed by atoms with Crippen molar-refractivity contribution in [2.45, 2.75) is 18.6 Å². The molecule has 1 aliphatic heterocycles. The summed E-state index contributed by atoms with van der Waals surface area (Å²) in [5.41, 5.74) is 1.06. The van der Waals surface area contributed by atoms with Gasteiger partial charge in [-0.3, -0.25) is 14.3 Å². The number of nitrogens with one attached hydrogen (secondary N) is 1. The van der Waals surface area contributed by atoms with Gasteiger partial charge in [0.25, 0.3) is 5.91 Å². The molecule has 0 bridgehead atoms. The molecule has 3 aromatic rings. The summed E-state index contributed by atoms with van der Waals surface area (Å²) in [4.78, 5) is 27.9. The van der Waals surface area contributed by atoms with Crippen LogP contribution in [0.3, 0.4) is 0 Å². The number of carbonyl (C=O) groups excluding carboxylic acids is 2. The molecule has 35 heavy (non-hydrogen) atoms. The maximum Gasteiger partial charge on any atom is 0.254 e. The van der Waals surface area contributed by atoms with Crippen LogP contribution < -0.4 is 9.46 Å². The van der Waals surface area contributed by atoms with Crippen molar-refractivity contribution in [1.82, 2.24) is 9.62 Å². The number of sulfonamides is 1. The van der Waals surface area contributed by atoms with E-state index in [2.05, 4.69) is 36.6 Å². The van der Waals surface area contributed by atoms with Gasteiger partial charge < -0.3 is 9.64 Å². The second-order valence-electron chi connectivity index (χ2n) is 8.39. The highest BCUT2D eigenvalue weighted by Gasteiger charge is 2.31. The lowest BCUT2D eigenvalue weighted by Gasteiger charge is -2.32. The van der Waals surface area contributed by atoms with Crippen LogP contribution in [0.1, 0.15) is 28.8 Å². The molecular weight excluding hydrogens is 600 g/mol. The van der Waals surface area contributed by atoms with Gasteiger partial charge in [-0.05, 0) is 73.9 Å². The van der Waals surface area contributed by atoms with Crippen molar-refractivity contribution < 1.29 is 22.7 Å². The molecule has 0 aromatic heterocycles. The van der Waals surface area contributed by atoms with E-state index in [4.69, 9.17) is 4.74 Å². The third-order valence-corrected chi connectivity index (χ3v) is 9.38. The van der Waals surface area contributed by atoms with Crippen LogP contribution in [0.25, 0.3) is 10.8 Å².